The Labute approximate surface area is 265 Å². The third-order valence-corrected chi connectivity index (χ3v) is 9.61. The molecule has 3 heteroatoms. The quantitative estimate of drug-likeness (QED) is 0.0756. The minimum absolute atomic E-state index is 0.184. The van der Waals surface area contributed by atoms with Gasteiger partial charge in [-0.3, -0.25) is 4.99 Å². The summed E-state index contributed by atoms with van der Waals surface area (Å²) in [6.07, 6.45) is 44.1. The summed E-state index contributed by atoms with van der Waals surface area (Å²) in [6, 6.07) is 0. The lowest BCUT2D eigenvalue weighted by Crippen LogP contribution is -2.35. The van der Waals surface area contributed by atoms with Gasteiger partial charge in [0, 0.05) is 19.5 Å². The lowest BCUT2D eigenvalue weighted by atomic mass is 10.0. The molecule has 250 valence electrons. The molecule has 3 nitrogen and oxygen atoms in total. The largest absolute Gasteiger partial charge is 0.391 e. The van der Waals surface area contributed by atoms with Gasteiger partial charge in [-0.1, -0.05) is 200 Å². The fourth-order valence-electron chi connectivity index (χ4n) is 6.71. The molecule has 0 amide bonds. The lowest BCUT2D eigenvalue weighted by molar-refractivity contribution is 0.133. The minimum atomic E-state index is -0.184. The van der Waals surface area contributed by atoms with Gasteiger partial charge < -0.3 is 10.0 Å². The van der Waals surface area contributed by atoms with Gasteiger partial charge in [0.2, 0.25) is 0 Å². The van der Waals surface area contributed by atoms with E-state index in [0.29, 0.717) is 0 Å². The summed E-state index contributed by atoms with van der Waals surface area (Å²) < 4.78 is 0. The second-order valence-electron chi connectivity index (χ2n) is 13.8. The average molecular weight is 591 g/mol. The first-order valence-electron chi connectivity index (χ1n) is 19.7. The highest BCUT2D eigenvalue weighted by atomic mass is 16.3. The summed E-state index contributed by atoms with van der Waals surface area (Å²) >= 11 is 0. The van der Waals surface area contributed by atoms with E-state index in [4.69, 9.17) is 4.99 Å². The third-order valence-electron chi connectivity index (χ3n) is 9.61. The van der Waals surface area contributed by atoms with Crippen molar-refractivity contribution in [2.24, 2.45) is 4.99 Å². The van der Waals surface area contributed by atoms with E-state index in [2.05, 4.69) is 18.7 Å². The van der Waals surface area contributed by atoms with Crippen molar-refractivity contribution in [3.8, 4) is 0 Å². The van der Waals surface area contributed by atoms with E-state index in [1.54, 1.807) is 0 Å². The van der Waals surface area contributed by atoms with Gasteiger partial charge in [0.05, 0.1) is 18.5 Å². The summed E-state index contributed by atoms with van der Waals surface area (Å²) in [4.78, 5) is 7.17. The number of unbranched alkanes of at least 4 members (excludes halogenated alkanes) is 28. The first kappa shape index (κ1) is 39.5. The van der Waals surface area contributed by atoms with Crippen LogP contribution in [0.4, 0.5) is 0 Å². The van der Waals surface area contributed by atoms with Crippen LogP contribution in [0, 0.1) is 0 Å². The molecule has 0 bridgehead atoms. The highest BCUT2D eigenvalue weighted by Gasteiger charge is 2.19. The first-order chi connectivity index (χ1) is 20.8. The third kappa shape index (κ3) is 25.9. The van der Waals surface area contributed by atoms with Crippen LogP contribution >= 0.6 is 0 Å². The molecule has 42 heavy (non-hydrogen) atoms. The number of aliphatic hydroxyl groups excluding tert-OH is 1. The number of rotatable bonds is 34. The van der Waals surface area contributed by atoms with Crippen LogP contribution in [0.25, 0.3) is 0 Å². The van der Waals surface area contributed by atoms with E-state index < -0.39 is 0 Å². The van der Waals surface area contributed by atoms with Crippen LogP contribution in [-0.4, -0.2) is 41.6 Å². The predicted molar refractivity (Wildman–Crippen MR) is 189 cm³/mol. The summed E-state index contributed by atoms with van der Waals surface area (Å²) in [5, 5.41) is 10.6. The Hall–Kier alpha value is -0.570. The topological polar surface area (TPSA) is 35.8 Å². The molecule has 0 saturated carbocycles. The van der Waals surface area contributed by atoms with Gasteiger partial charge in [0.15, 0.2) is 0 Å². The zero-order chi connectivity index (χ0) is 30.2. The molecular weight excluding hydrogens is 512 g/mol. The van der Waals surface area contributed by atoms with E-state index >= 15 is 0 Å². The van der Waals surface area contributed by atoms with Gasteiger partial charge in [-0.15, -0.1) is 0 Å². The zero-order valence-electron chi connectivity index (χ0n) is 29.2. The van der Waals surface area contributed by atoms with Crippen LogP contribution in [-0.2, 0) is 0 Å². The van der Waals surface area contributed by atoms with Crippen LogP contribution in [0.1, 0.15) is 219 Å². The van der Waals surface area contributed by atoms with E-state index in [0.717, 1.165) is 32.5 Å². The van der Waals surface area contributed by atoms with E-state index in [-0.39, 0.29) is 6.10 Å². The molecule has 0 spiro atoms. The molecule has 0 radical (unpaired) electrons. The maximum atomic E-state index is 10.6. The molecule has 0 aliphatic carbocycles. The number of hydrogen-bond acceptors (Lipinski definition) is 3. The molecule has 1 aliphatic rings. The Morgan fingerprint density at radius 2 is 0.833 bits per heavy atom. The van der Waals surface area contributed by atoms with Crippen LogP contribution in [0.2, 0.25) is 0 Å². The number of amidine groups is 1. The molecule has 1 rings (SSSR count). The van der Waals surface area contributed by atoms with Crippen molar-refractivity contribution in [2.75, 3.05) is 19.6 Å². The summed E-state index contributed by atoms with van der Waals surface area (Å²) in [5.74, 6) is 1.28. The molecule has 1 unspecified atom stereocenters. The Bertz CT molecular complexity index is 563. The molecular formula is C39H78N2O. The zero-order valence-corrected chi connectivity index (χ0v) is 29.2. The second-order valence-corrected chi connectivity index (χ2v) is 13.8. The standard InChI is InChI=1S/C39H78N2O/c1-3-5-7-9-11-13-15-17-19-20-21-23-25-27-29-31-33-38(42)37-41-36-35-40-39(41)34-32-30-28-26-24-22-18-16-14-12-10-8-6-4-2/h38,42H,3-37H2,1-2H3. The van der Waals surface area contributed by atoms with Crippen molar-refractivity contribution < 1.29 is 5.11 Å². The number of aliphatic hydroxyl groups is 1. The summed E-state index contributed by atoms with van der Waals surface area (Å²) in [7, 11) is 0. The van der Waals surface area contributed by atoms with Crippen molar-refractivity contribution in [1.29, 1.82) is 0 Å². The smallest absolute Gasteiger partial charge is 0.0991 e. The molecule has 0 aromatic carbocycles. The van der Waals surface area contributed by atoms with Crippen LogP contribution in [0.15, 0.2) is 4.99 Å². The molecule has 0 aromatic rings. The van der Waals surface area contributed by atoms with Gasteiger partial charge in [-0.05, 0) is 12.8 Å². The highest BCUT2D eigenvalue weighted by Crippen LogP contribution is 2.17. The predicted octanol–water partition coefficient (Wildman–Crippen LogP) is 12.6. The van der Waals surface area contributed by atoms with Crippen molar-refractivity contribution >= 4 is 5.84 Å². The van der Waals surface area contributed by atoms with Crippen molar-refractivity contribution in [1.82, 2.24) is 4.90 Å². The molecule has 0 saturated heterocycles. The normalized spacial score (nSPS) is 14.2. The van der Waals surface area contributed by atoms with E-state index in [1.807, 2.05) is 0 Å². The number of nitrogens with zero attached hydrogens (tertiary/aromatic N) is 2. The molecule has 1 aliphatic heterocycles. The highest BCUT2D eigenvalue weighted by molar-refractivity contribution is 5.83. The summed E-state index contributed by atoms with van der Waals surface area (Å²) in [5.41, 5.74) is 0. The van der Waals surface area contributed by atoms with Gasteiger partial charge in [-0.25, -0.2) is 0 Å². The maximum absolute atomic E-state index is 10.6. The van der Waals surface area contributed by atoms with E-state index in [9.17, 15) is 5.11 Å². The molecule has 1 N–H and O–H groups in total. The number of β-amino-alcohol motifs (C(OH)–C–C–N with tert-alkyl or cyclic N) is 1. The SMILES string of the molecule is CCCCCCCCCCCCCCCCCCC(O)CN1CCN=C1CCCCCCCCCCCCCCCC. The average Bonchev–Trinajstić information content (AvgIpc) is 3.43. The van der Waals surface area contributed by atoms with Crippen molar-refractivity contribution in [3.63, 3.8) is 0 Å². The molecule has 1 atom stereocenters. The summed E-state index contributed by atoms with van der Waals surface area (Å²) in [6.45, 7) is 7.35. The van der Waals surface area contributed by atoms with Crippen molar-refractivity contribution in [2.45, 2.75) is 225 Å². The Morgan fingerprint density at radius 1 is 0.500 bits per heavy atom. The van der Waals surface area contributed by atoms with Gasteiger partial charge in [-0.2, -0.15) is 0 Å². The minimum Gasteiger partial charge on any atom is -0.391 e. The van der Waals surface area contributed by atoms with Crippen molar-refractivity contribution in [3.05, 3.63) is 0 Å². The van der Waals surface area contributed by atoms with Crippen LogP contribution in [0.5, 0.6) is 0 Å². The Kier molecular flexibility index (Phi) is 29.9. The Balaban J connectivity index is 1.85. The van der Waals surface area contributed by atoms with Gasteiger partial charge >= 0.3 is 0 Å². The molecule has 0 aromatic heterocycles. The first-order valence-corrected chi connectivity index (χ1v) is 19.7. The molecule has 0 fully saturated rings. The van der Waals surface area contributed by atoms with E-state index in [1.165, 1.54) is 198 Å². The Morgan fingerprint density at radius 3 is 1.21 bits per heavy atom. The second kappa shape index (κ2) is 31.8. The fraction of sp³-hybridized carbons (Fsp3) is 0.974. The monoisotopic (exact) mass is 591 g/mol. The lowest BCUT2D eigenvalue weighted by Gasteiger charge is -2.23. The van der Waals surface area contributed by atoms with Crippen LogP contribution in [0.3, 0.4) is 0 Å². The van der Waals surface area contributed by atoms with Gasteiger partial charge in [0.1, 0.15) is 0 Å². The number of aliphatic imine (C=N–C) groups is 1. The maximum Gasteiger partial charge on any atom is 0.0991 e. The fourth-order valence-corrected chi connectivity index (χ4v) is 6.71. The number of hydrogen-bond donors (Lipinski definition) is 1. The van der Waals surface area contributed by atoms with Crippen LogP contribution < -0.4 is 0 Å². The molecule has 1 heterocycles. The van der Waals surface area contributed by atoms with Gasteiger partial charge in [0.25, 0.3) is 0 Å².